The number of rotatable bonds is 12. The quantitative estimate of drug-likeness (QED) is 0.204. The first kappa shape index (κ1) is 26.9. The van der Waals surface area contributed by atoms with Gasteiger partial charge in [0.1, 0.15) is 12.7 Å². The van der Waals surface area contributed by atoms with Crippen molar-refractivity contribution in [2.45, 2.75) is 51.4 Å². The van der Waals surface area contributed by atoms with Gasteiger partial charge in [0, 0.05) is 25.4 Å². The van der Waals surface area contributed by atoms with Crippen LogP contribution in [0.15, 0.2) is 108 Å². The van der Waals surface area contributed by atoms with E-state index in [0.29, 0.717) is 32.1 Å². The molecule has 3 aromatic carbocycles. The standard InChI is InChI=1S/C33H35NO5/c35-29-19-20-34(21-23-36-24-26-12-4-1-5-13-26)31(33(29)38-25-27-14-6-2-7-15-27)32(28-16-8-3-9-17-28)39-30-18-10-11-22-37-30/h1-9,12-17,19-20,30,32H,10-11,18,21-25H2. The van der Waals surface area contributed by atoms with Crippen LogP contribution in [-0.4, -0.2) is 24.1 Å². The third-order valence-corrected chi connectivity index (χ3v) is 6.76. The van der Waals surface area contributed by atoms with Gasteiger partial charge in [-0.05, 0) is 36.0 Å². The van der Waals surface area contributed by atoms with Gasteiger partial charge in [-0.3, -0.25) is 4.79 Å². The van der Waals surface area contributed by atoms with Gasteiger partial charge in [-0.15, -0.1) is 0 Å². The third kappa shape index (κ3) is 7.45. The average molecular weight is 526 g/mol. The highest BCUT2D eigenvalue weighted by molar-refractivity contribution is 5.37. The highest BCUT2D eigenvalue weighted by Crippen LogP contribution is 2.34. The van der Waals surface area contributed by atoms with Gasteiger partial charge in [0.05, 0.1) is 18.9 Å². The van der Waals surface area contributed by atoms with Crippen molar-refractivity contribution in [3.8, 4) is 5.75 Å². The number of aromatic nitrogens is 1. The lowest BCUT2D eigenvalue weighted by Crippen LogP contribution is -2.28. The van der Waals surface area contributed by atoms with Gasteiger partial charge in [-0.25, -0.2) is 0 Å². The SMILES string of the molecule is O=c1ccn(CCOCc2ccccc2)c(C(OC2CCCCO2)c2ccccc2)c1OCc1ccccc1. The molecule has 6 heteroatoms. The molecule has 1 aromatic heterocycles. The summed E-state index contributed by atoms with van der Waals surface area (Å²) in [4.78, 5) is 13.3. The Morgan fingerprint density at radius 2 is 1.49 bits per heavy atom. The molecule has 6 nitrogen and oxygen atoms in total. The van der Waals surface area contributed by atoms with Gasteiger partial charge in [-0.1, -0.05) is 91.0 Å². The van der Waals surface area contributed by atoms with E-state index in [1.54, 1.807) is 12.3 Å². The van der Waals surface area contributed by atoms with Crippen molar-refractivity contribution in [1.29, 1.82) is 0 Å². The molecule has 0 radical (unpaired) electrons. The van der Waals surface area contributed by atoms with E-state index >= 15 is 0 Å². The number of benzene rings is 3. The molecule has 202 valence electrons. The van der Waals surface area contributed by atoms with Gasteiger partial charge >= 0.3 is 0 Å². The van der Waals surface area contributed by atoms with E-state index < -0.39 is 6.10 Å². The number of ether oxygens (including phenoxy) is 4. The molecule has 2 atom stereocenters. The average Bonchev–Trinajstić information content (AvgIpc) is 3.00. The Morgan fingerprint density at radius 3 is 2.15 bits per heavy atom. The minimum Gasteiger partial charge on any atom is -0.483 e. The second-order valence-electron chi connectivity index (χ2n) is 9.62. The Hall–Kier alpha value is -3.71. The highest BCUT2D eigenvalue weighted by atomic mass is 16.7. The molecule has 2 heterocycles. The fourth-order valence-corrected chi connectivity index (χ4v) is 4.74. The summed E-state index contributed by atoms with van der Waals surface area (Å²) in [5, 5.41) is 0. The molecule has 0 amide bonds. The van der Waals surface area contributed by atoms with Gasteiger partial charge in [0.15, 0.2) is 12.0 Å². The Balaban J connectivity index is 1.47. The van der Waals surface area contributed by atoms with Crippen molar-refractivity contribution < 1.29 is 18.9 Å². The zero-order valence-corrected chi connectivity index (χ0v) is 22.1. The summed E-state index contributed by atoms with van der Waals surface area (Å²) in [6.45, 7) is 2.45. The number of pyridine rings is 1. The van der Waals surface area contributed by atoms with E-state index in [1.807, 2.05) is 95.6 Å². The molecule has 0 saturated carbocycles. The summed E-state index contributed by atoms with van der Waals surface area (Å²) in [7, 11) is 0. The van der Waals surface area contributed by atoms with Crippen LogP contribution in [0.4, 0.5) is 0 Å². The van der Waals surface area contributed by atoms with Crippen molar-refractivity contribution in [2.75, 3.05) is 13.2 Å². The molecule has 2 unspecified atom stereocenters. The van der Waals surface area contributed by atoms with Crippen molar-refractivity contribution in [1.82, 2.24) is 4.57 Å². The number of hydrogen-bond acceptors (Lipinski definition) is 5. The van der Waals surface area contributed by atoms with Crippen LogP contribution in [0.5, 0.6) is 5.75 Å². The van der Waals surface area contributed by atoms with E-state index in [-0.39, 0.29) is 24.1 Å². The van der Waals surface area contributed by atoms with Crippen molar-refractivity contribution >= 4 is 0 Å². The molecule has 0 aliphatic carbocycles. The van der Waals surface area contributed by atoms with Crippen LogP contribution in [-0.2, 0) is 34.0 Å². The molecule has 1 aliphatic heterocycles. The Morgan fingerprint density at radius 1 is 0.821 bits per heavy atom. The fraction of sp³-hybridized carbons (Fsp3) is 0.303. The smallest absolute Gasteiger partial charge is 0.223 e. The maximum Gasteiger partial charge on any atom is 0.223 e. The van der Waals surface area contributed by atoms with Crippen LogP contribution in [0.1, 0.15) is 47.8 Å². The Kier molecular flexibility index (Phi) is 9.58. The monoisotopic (exact) mass is 525 g/mol. The molecule has 1 fully saturated rings. The molecular weight excluding hydrogens is 490 g/mol. The first-order valence-corrected chi connectivity index (χ1v) is 13.6. The van der Waals surface area contributed by atoms with Gasteiger partial charge in [0.2, 0.25) is 5.43 Å². The second kappa shape index (κ2) is 13.9. The molecule has 4 aromatic rings. The fourth-order valence-electron chi connectivity index (χ4n) is 4.74. The normalized spacial score (nSPS) is 16.1. The van der Waals surface area contributed by atoms with E-state index in [4.69, 9.17) is 18.9 Å². The van der Waals surface area contributed by atoms with Crippen LogP contribution in [0, 0.1) is 0 Å². The van der Waals surface area contributed by atoms with Crippen LogP contribution < -0.4 is 10.2 Å². The van der Waals surface area contributed by atoms with Crippen LogP contribution >= 0.6 is 0 Å². The summed E-state index contributed by atoms with van der Waals surface area (Å²) in [6, 6.07) is 31.5. The lowest BCUT2D eigenvalue weighted by atomic mass is 10.0. The van der Waals surface area contributed by atoms with Crippen molar-refractivity contribution in [3.05, 3.63) is 136 Å². The maximum atomic E-state index is 13.3. The molecule has 5 rings (SSSR count). The van der Waals surface area contributed by atoms with E-state index in [9.17, 15) is 4.79 Å². The molecule has 1 aliphatic rings. The molecule has 0 spiro atoms. The molecule has 0 N–H and O–H groups in total. The zero-order valence-electron chi connectivity index (χ0n) is 22.1. The van der Waals surface area contributed by atoms with Crippen LogP contribution in [0.25, 0.3) is 0 Å². The zero-order chi connectivity index (χ0) is 26.7. The minimum absolute atomic E-state index is 0.184. The first-order chi connectivity index (χ1) is 19.3. The Bertz CT molecular complexity index is 1340. The summed E-state index contributed by atoms with van der Waals surface area (Å²) in [5.41, 5.74) is 3.51. The first-order valence-electron chi connectivity index (χ1n) is 13.6. The van der Waals surface area contributed by atoms with Gasteiger partial charge < -0.3 is 23.5 Å². The maximum absolute atomic E-state index is 13.3. The summed E-state index contributed by atoms with van der Waals surface area (Å²) in [5.74, 6) is 0.286. The molecule has 39 heavy (non-hydrogen) atoms. The predicted molar refractivity (Wildman–Crippen MR) is 151 cm³/mol. The second-order valence-corrected chi connectivity index (χ2v) is 9.62. The summed E-state index contributed by atoms with van der Waals surface area (Å²) < 4.78 is 26.9. The highest BCUT2D eigenvalue weighted by Gasteiger charge is 2.29. The molecule has 1 saturated heterocycles. The largest absolute Gasteiger partial charge is 0.483 e. The topological polar surface area (TPSA) is 58.9 Å². The Labute approximate surface area is 229 Å². The van der Waals surface area contributed by atoms with Crippen molar-refractivity contribution in [3.63, 3.8) is 0 Å². The predicted octanol–water partition coefficient (Wildman–Crippen LogP) is 6.28. The van der Waals surface area contributed by atoms with Crippen LogP contribution in [0.3, 0.4) is 0 Å². The van der Waals surface area contributed by atoms with Crippen molar-refractivity contribution in [2.24, 2.45) is 0 Å². The number of hydrogen-bond donors (Lipinski definition) is 0. The molecule has 0 bridgehead atoms. The minimum atomic E-state index is -0.553. The van der Waals surface area contributed by atoms with E-state index in [0.717, 1.165) is 36.0 Å². The summed E-state index contributed by atoms with van der Waals surface area (Å²) >= 11 is 0. The lowest BCUT2D eigenvalue weighted by molar-refractivity contribution is -0.183. The van der Waals surface area contributed by atoms with Gasteiger partial charge in [-0.2, -0.15) is 0 Å². The molecular formula is C33H35NO5. The van der Waals surface area contributed by atoms with E-state index in [1.165, 1.54) is 0 Å². The summed E-state index contributed by atoms with van der Waals surface area (Å²) in [6.07, 6.45) is 3.77. The van der Waals surface area contributed by atoms with Crippen LogP contribution in [0.2, 0.25) is 0 Å². The number of nitrogens with zero attached hydrogens (tertiary/aromatic N) is 1. The van der Waals surface area contributed by atoms with E-state index in [2.05, 4.69) is 0 Å². The lowest BCUT2D eigenvalue weighted by Gasteiger charge is -2.30. The van der Waals surface area contributed by atoms with Gasteiger partial charge in [0.25, 0.3) is 0 Å². The third-order valence-electron chi connectivity index (χ3n) is 6.76.